The van der Waals surface area contributed by atoms with E-state index in [1.54, 1.807) is 30.3 Å². The highest BCUT2D eigenvalue weighted by atomic mass is 35.5. The number of halogens is 1. The minimum Gasteiger partial charge on any atom is -0.508 e. The molecule has 0 radical (unpaired) electrons. The Hall–Kier alpha value is -2.00. The summed E-state index contributed by atoms with van der Waals surface area (Å²) >= 11 is 6.14. The average molecular weight is 277 g/mol. The zero-order valence-corrected chi connectivity index (χ0v) is 11.1. The smallest absolute Gasteiger partial charge is 0.317 e. The Bertz CT molecular complexity index is 578. The molecule has 0 aliphatic rings. The van der Waals surface area contributed by atoms with E-state index >= 15 is 0 Å². The second-order valence-corrected chi connectivity index (χ2v) is 4.48. The van der Waals surface area contributed by atoms with Gasteiger partial charge in [0, 0.05) is 5.02 Å². The van der Waals surface area contributed by atoms with Crippen LogP contribution in [-0.2, 0) is 9.53 Å². The molecule has 2 aromatic carbocycles. The number of methoxy groups -OCH3 is 1. The van der Waals surface area contributed by atoms with E-state index in [2.05, 4.69) is 0 Å². The first-order valence-electron chi connectivity index (χ1n) is 5.74. The van der Waals surface area contributed by atoms with Crippen molar-refractivity contribution in [3.63, 3.8) is 0 Å². The maximum atomic E-state index is 12.0. The molecule has 0 fully saturated rings. The molecule has 1 N–H and O–H groups in total. The number of hydrogen-bond donors (Lipinski definition) is 1. The van der Waals surface area contributed by atoms with Crippen LogP contribution in [-0.4, -0.2) is 18.2 Å². The number of hydrogen-bond acceptors (Lipinski definition) is 3. The summed E-state index contributed by atoms with van der Waals surface area (Å²) in [6, 6.07) is 13.6. The third-order valence-corrected chi connectivity index (χ3v) is 3.22. The predicted molar refractivity (Wildman–Crippen MR) is 73.4 cm³/mol. The molecule has 2 aromatic rings. The van der Waals surface area contributed by atoms with Crippen LogP contribution in [0, 0.1) is 0 Å². The number of ether oxygens (including phenoxy) is 1. The van der Waals surface area contributed by atoms with Crippen molar-refractivity contribution in [1.29, 1.82) is 0 Å². The summed E-state index contributed by atoms with van der Waals surface area (Å²) < 4.78 is 4.85. The Morgan fingerprint density at radius 2 is 1.79 bits per heavy atom. The number of benzene rings is 2. The standard InChI is InChI=1S/C15H13ClO3/c1-19-15(18)14(10-6-8-11(17)9-7-10)12-4-2-3-5-13(12)16/h2-9,14,17H,1H3. The van der Waals surface area contributed by atoms with E-state index in [-0.39, 0.29) is 5.75 Å². The third-order valence-electron chi connectivity index (χ3n) is 2.88. The van der Waals surface area contributed by atoms with Gasteiger partial charge in [-0.2, -0.15) is 0 Å². The minimum absolute atomic E-state index is 0.145. The molecule has 0 saturated carbocycles. The number of aromatic hydroxyl groups is 1. The van der Waals surface area contributed by atoms with Crippen LogP contribution in [0.25, 0.3) is 0 Å². The van der Waals surface area contributed by atoms with Gasteiger partial charge in [-0.25, -0.2) is 0 Å². The van der Waals surface area contributed by atoms with Crippen molar-refractivity contribution in [2.75, 3.05) is 7.11 Å². The van der Waals surface area contributed by atoms with Crippen LogP contribution in [0.3, 0.4) is 0 Å². The highest BCUT2D eigenvalue weighted by molar-refractivity contribution is 6.31. The summed E-state index contributed by atoms with van der Waals surface area (Å²) in [5, 5.41) is 9.82. The van der Waals surface area contributed by atoms with Gasteiger partial charge >= 0.3 is 5.97 Å². The van der Waals surface area contributed by atoms with E-state index in [0.717, 1.165) is 5.56 Å². The average Bonchev–Trinajstić information content (AvgIpc) is 2.43. The van der Waals surface area contributed by atoms with Crippen molar-refractivity contribution in [3.05, 3.63) is 64.7 Å². The molecule has 0 aliphatic heterocycles. The van der Waals surface area contributed by atoms with Crippen molar-refractivity contribution >= 4 is 17.6 Å². The van der Waals surface area contributed by atoms with Crippen molar-refractivity contribution in [2.24, 2.45) is 0 Å². The molecular formula is C15H13ClO3. The molecule has 0 bridgehead atoms. The van der Waals surface area contributed by atoms with Crippen LogP contribution in [0.1, 0.15) is 17.0 Å². The monoisotopic (exact) mass is 276 g/mol. The number of esters is 1. The first-order chi connectivity index (χ1) is 9.13. The Morgan fingerprint density at radius 1 is 1.16 bits per heavy atom. The van der Waals surface area contributed by atoms with Crippen molar-refractivity contribution < 1.29 is 14.6 Å². The molecule has 2 rings (SSSR count). The van der Waals surface area contributed by atoms with E-state index in [1.807, 2.05) is 6.07 Å². The number of phenols is 1. The fourth-order valence-electron chi connectivity index (χ4n) is 1.94. The van der Waals surface area contributed by atoms with Gasteiger partial charge in [-0.3, -0.25) is 4.79 Å². The SMILES string of the molecule is COC(=O)C(c1ccc(O)cc1)c1ccccc1Cl. The Morgan fingerprint density at radius 3 is 2.37 bits per heavy atom. The van der Waals surface area contributed by atoms with Gasteiger partial charge in [0.05, 0.1) is 7.11 Å². The Labute approximate surface area is 116 Å². The summed E-state index contributed by atoms with van der Waals surface area (Å²) in [5.74, 6) is -0.843. The molecule has 0 aliphatic carbocycles. The maximum absolute atomic E-state index is 12.0. The van der Waals surface area contributed by atoms with E-state index in [0.29, 0.717) is 10.6 Å². The Kier molecular flexibility index (Phi) is 4.07. The molecule has 0 spiro atoms. The second-order valence-electron chi connectivity index (χ2n) is 4.07. The summed E-state index contributed by atoms with van der Waals surface area (Å²) in [5.41, 5.74) is 1.40. The second kappa shape index (κ2) is 5.76. The zero-order chi connectivity index (χ0) is 13.8. The fourth-order valence-corrected chi connectivity index (χ4v) is 2.18. The van der Waals surface area contributed by atoms with Crippen molar-refractivity contribution in [1.82, 2.24) is 0 Å². The van der Waals surface area contributed by atoms with Gasteiger partial charge in [0.1, 0.15) is 11.7 Å². The van der Waals surface area contributed by atoms with E-state index in [1.165, 1.54) is 19.2 Å². The maximum Gasteiger partial charge on any atom is 0.317 e. The lowest BCUT2D eigenvalue weighted by molar-refractivity contribution is -0.141. The zero-order valence-electron chi connectivity index (χ0n) is 10.3. The Balaban J connectivity index is 2.51. The molecule has 98 valence electrons. The van der Waals surface area contributed by atoms with Gasteiger partial charge in [-0.15, -0.1) is 0 Å². The van der Waals surface area contributed by atoms with Crippen LogP contribution in [0.4, 0.5) is 0 Å². The molecule has 1 atom stereocenters. The van der Waals surface area contributed by atoms with Gasteiger partial charge < -0.3 is 9.84 Å². The summed E-state index contributed by atoms with van der Waals surface area (Å²) in [7, 11) is 1.34. The van der Waals surface area contributed by atoms with Crippen LogP contribution in [0.15, 0.2) is 48.5 Å². The summed E-state index contributed by atoms with van der Waals surface area (Å²) in [6.07, 6.45) is 0. The highest BCUT2D eigenvalue weighted by Gasteiger charge is 2.25. The quantitative estimate of drug-likeness (QED) is 0.875. The van der Waals surface area contributed by atoms with Gasteiger partial charge in [-0.05, 0) is 29.3 Å². The lowest BCUT2D eigenvalue weighted by Crippen LogP contribution is -2.16. The topological polar surface area (TPSA) is 46.5 Å². The molecule has 0 amide bonds. The van der Waals surface area contributed by atoms with Crippen LogP contribution in [0.2, 0.25) is 5.02 Å². The lowest BCUT2D eigenvalue weighted by Gasteiger charge is -2.16. The summed E-state index contributed by atoms with van der Waals surface area (Å²) in [6.45, 7) is 0. The van der Waals surface area contributed by atoms with Crippen LogP contribution >= 0.6 is 11.6 Å². The number of phenolic OH excluding ortho intramolecular Hbond substituents is 1. The van der Waals surface area contributed by atoms with E-state index < -0.39 is 11.9 Å². The van der Waals surface area contributed by atoms with Gasteiger partial charge in [-0.1, -0.05) is 41.9 Å². The van der Waals surface area contributed by atoms with E-state index in [9.17, 15) is 9.90 Å². The minimum atomic E-state index is -0.598. The molecular weight excluding hydrogens is 264 g/mol. The van der Waals surface area contributed by atoms with Crippen molar-refractivity contribution in [3.8, 4) is 5.75 Å². The third kappa shape index (κ3) is 2.88. The molecule has 19 heavy (non-hydrogen) atoms. The van der Waals surface area contributed by atoms with Gasteiger partial charge in [0.2, 0.25) is 0 Å². The normalized spacial score (nSPS) is 11.9. The molecule has 0 aromatic heterocycles. The largest absolute Gasteiger partial charge is 0.508 e. The molecule has 0 heterocycles. The fraction of sp³-hybridized carbons (Fsp3) is 0.133. The van der Waals surface area contributed by atoms with Crippen LogP contribution < -0.4 is 0 Å². The first kappa shape index (κ1) is 13.4. The molecule has 0 saturated heterocycles. The lowest BCUT2D eigenvalue weighted by atomic mass is 9.91. The predicted octanol–water partition coefficient (Wildman–Crippen LogP) is 3.35. The molecule has 3 nitrogen and oxygen atoms in total. The number of rotatable bonds is 3. The molecule has 4 heteroatoms. The first-order valence-corrected chi connectivity index (χ1v) is 6.12. The van der Waals surface area contributed by atoms with Gasteiger partial charge in [0.15, 0.2) is 0 Å². The van der Waals surface area contributed by atoms with Crippen LogP contribution in [0.5, 0.6) is 5.75 Å². The molecule has 1 unspecified atom stereocenters. The number of carbonyl (C=O) groups excluding carboxylic acids is 1. The number of carbonyl (C=O) groups is 1. The highest BCUT2D eigenvalue weighted by Crippen LogP contribution is 2.31. The summed E-state index contributed by atoms with van der Waals surface area (Å²) in [4.78, 5) is 12.0. The van der Waals surface area contributed by atoms with Gasteiger partial charge in [0.25, 0.3) is 0 Å². The van der Waals surface area contributed by atoms with Crippen molar-refractivity contribution in [2.45, 2.75) is 5.92 Å². The van der Waals surface area contributed by atoms with E-state index in [4.69, 9.17) is 16.3 Å².